The predicted octanol–water partition coefficient (Wildman–Crippen LogP) is 7.93. The highest BCUT2D eigenvalue weighted by atomic mass is 16.1. The van der Waals surface area contributed by atoms with E-state index in [9.17, 15) is 4.79 Å². The summed E-state index contributed by atoms with van der Waals surface area (Å²) in [7, 11) is 0. The molecule has 5 aromatic carbocycles. The highest BCUT2D eigenvalue weighted by Crippen LogP contribution is 2.37. The molecule has 8 aromatic rings. The summed E-state index contributed by atoms with van der Waals surface area (Å²) in [5.41, 5.74) is 7.54. The first-order chi connectivity index (χ1) is 18.3. The Balaban J connectivity index is 1.39. The molecule has 0 saturated carbocycles. The van der Waals surface area contributed by atoms with Crippen LogP contribution < -0.4 is 5.56 Å². The molecular formula is C33H21N3O. The van der Waals surface area contributed by atoms with Gasteiger partial charge < -0.3 is 14.5 Å². The van der Waals surface area contributed by atoms with Crippen molar-refractivity contribution in [2.75, 3.05) is 0 Å². The maximum atomic E-state index is 12.6. The number of benzene rings is 5. The minimum absolute atomic E-state index is 0.0739. The van der Waals surface area contributed by atoms with Gasteiger partial charge in [0.1, 0.15) is 5.65 Å². The van der Waals surface area contributed by atoms with Crippen molar-refractivity contribution in [1.82, 2.24) is 14.5 Å². The van der Waals surface area contributed by atoms with E-state index < -0.39 is 0 Å². The van der Waals surface area contributed by atoms with Gasteiger partial charge in [0.05, 0.1) is 11.0 Å². The highest BCUT2D eigenvalue weighted by Gasteiger charge is 2.15. The van der Waals surface area contributed by atoms with Gasteiger partial charge in [0.15, 0.2) is 0 Å². The fraction of sp³-hybridized carbons (Fsp3) is 0. The van der Waals surface area contributed by atoms with Crippen molar-refractivity contribution in [1.29, 1.82) is 0 Å². The molecule has 0 aliphatic heterocycles. The molecule has 174 valence electrons. The standard InChI is InChI=1S/C33H21N3O/c37-33-25-12-5-4-11-24(25)31-27-19-20(14-16-28(27)34-32(31)35-33)21-15-17-30-26(18-21)23-10-6-7-13-29(23)36(30)22-8-2-1-3-9-22/h1-19H,(H2,34,35,37). The molecule has 0 atom stereocenters. The molecule has 0 aliphatic rings. The first-order valence-electron chi connectivity index (χ1n) is 12.4. The fourth-order valence-corrected chi connectivity index (χ4v) is 5.83. The number of H-pyrrole nitrogens is 2. The number of hydrogen-bond acceptors (Lipinski definition) is 1. The van der Waals surface area contributed by atoms with Gasteiger partial charge in [-0.2, -0.15) is 0 Å². The lowest BCUT2D eigenvalue weighted by atomic mass is 9.99. The van der Waals surface area contributed by atoms with Crippen molar-refractivity contribution in [2.24, 2.45) is 0 Å². The quantitative estimate of drug-likeness (QED) is 0.262. The van der Waals surface area contributed by atoms with E-state index in [2.05, 4.69) is 106 Å². The van der Waals surface area contributed by atoms with Crippen molar-refractivity contribution in [3.8, 4) is 16.8 Å². The third-order valence-electron chi connectivity index (χ3n) is 7.50. The summed E-state index contributed by atoms with van der Waals surface area (Å²) >= 11 is 0. The summed E-state index contributed by atoms with van der Waals surface area (Å²) in [5, 5.41) is 6.29. The number of nitrogens with zero attached hydrogens (tertiary/aromatic N) is 1. The zero-order valence-electron chi connectivity index (χ0n) is 19.8. The zero-order valence-corrected chi connectivity index (χ0v) is 19.8. The Morgan fingerprint density at radius 1 is 0.514 bits per heavy atom. The van der Waals surface area contributed by atoms with Crippen molar-refractivity contribution < 1.29 is 0 Å². The molecule has 0 saturated heterocycles. The number of hydrogen-bond donors (Lipinski definition) is 2. The minimum Gasteiger partial charge on any atom is -0.341 e. The number of fused-ring (bicyclic) bond motifs is 8. The summed E-state index contributed by atoms with van der Waals surface area (Å²) < 4.78 is 2.33. The first-order valence-corrected chi connectivity index (χ1v) is 12.4. The Kier molecular flexibility index (Phi) is 4.06. The van der Waals surface area contributed by atoms with Gasteiger partial charge >= 0.3 is 0 Å². The van der Waals surface area contributed by atoms with Gasteiger partial charge in [0.2, 0.25) is 0 Å². The van der Waals surface area contributed by atoms with Crippen LogP contribution >= 0.6 is 0 Å². The minimum atomic E-state index is -0.0739. The molecule has 4 heteroatoms. The van der Waals surface area contributed by atoms with E-state index in [4.69, 9.17) is 0 Å². The normalized spacial score (nSPS) is 11.9. The average molecular weight is 476 g/mol. The van der Waals surface area contributed by atoms with Crippen molar-refractivity contribution in [3.05, 3.63) is 126 Å². The molecule has 2 N–H and O–H groups in total. The van der Waals surface area contributed by atoms with E-state index in [1.807, 2.05) is 24.3 Å². The lowest BCUT2D eigenvalue weighted by molar-refractivity contribution is 1.18. The van der Waals surface area contributed by atoms with Gasteiger partial charge in [-0.1, -0.05) is 66.7 Å². The van der Waals surface area contributed by atoms with Gasteiger partial charge in [0.25, 0.3) is 5.56 Å². The second kappa shape index (κ2) is 7.45. The number of aromatic amines is 2. The molecule has 0 spiro atoms. The van der Waals surface area contributed by atoms with Gasteiger partial charge in [0, 0.05) is 38.1 Å². The maximum absolute atomic E-state index is 12.6. The highest BCUT2D eigenvalue weighted by molar-refractivity contribution is 6.19. The van der Waals surface area contributed by atoms with E-state index in [1.165, 1.54) is 21.8 Å². The summed E-state index contributed by atoms with van der Waals surface area (Å²) in [5.74, 6) is 0. The molecule has 3 heterocycles. The van der Waals surface area contributed by atoms with Crippen molar-refractivity contribution in [2.45, 2.75) is 0 Å². The van der Waals surface area contributed by atoms with Crippen LogP contribution in [0, 0.1) is 0 Å². The van der Waals surface area contributed by atoms with Crippen LogP contribution in [0.15, 0.2) is 120 Å². The van der Waals surface area contributed by atoms with Crippen molar-refractivity contribution in [3.63, 3.8) is 0 Å². The largest absolute Gasteiger partial charge is 0.341 e. The van der Waals surface area contributed by atoms with Crippen LogP contribution in [0.5, 0.6) is 0 Å². The molecule has 0 fully saturated rings. The average Bonchev–Trinajstić information content (AvgIpc) is 3.48. The van der Waals surface area contributed by atoms with E-state index >= 15 is 0 Å². The number of aromatic nitrogens is 3. The summed E-state index contributed by atoms with van der Waals surface area (Å²) in [4.78, 5) is 19.1. The molecule has 0 amide bonds. The van der Waals surface area contributed by atoms with E-state index in [0.717, 1.165) is 44.1 Å². The Morgan fingerprint density at radius 3 is 2.00 bits per heavy atom. The number of nitrogens with one attached hydrogen (secondary N) is 2. The number of rotatable bonds is 2. The second-order valence-corrected chi connectivity index (χ2v) is 9.56. The molecule has 0 aliphatic carbocycles. The van der Waals surface area contributed by atoms with Crippen LogP contribution in [0.2, 0.25) is 0 Å². The Morgan fingerprint density at radius 2 is 1.16 bits per heavy atom. The maximum Gasteiger partial charge on any atom is 0.257 e. The number of pyridine rings is 1. The Labute approximate surface area is 211 Å². The SMILES string of the molecule is O=c1[nH]c2[nH]c3ccc(-c4ccc5c(c4)c4ccccc4n5-c4ccccc4)cc3c2c2ccccc12. The van der Waals surface area contributed by atoms with Crippen LogP contribution in [0.4, 0.5) is 0 Å². The van der Waals surface area contributed by atoms with Crippen LogP contribution in [-0.2, 0) is 0 Å². The zero-order chi connectivity index (χ0) is 24.5. The Hall–Kier alpha value is -5.09. The monoisotopic (exact) mass is 475 g/mol. The fourth-order valence-electron chi connectivity index (χ4n) is 5.83. The number of para-hydroxylation sites is 2. The van der Waals surface area contributed by atoms with Crippen LogP contribution in [0.3, 0.4) is 0 Å². The first kappa shape index (κ1) is 20.1. The molecule has 8 rings (SSSR count). The molecule has 3 aromatic heterocycles. The summed E-state index contributed by atoms with van der Waals surface area (Å²) in [6, 6.07) is 40.1. The third kappa shape index (κ3) is 2.87. The second-order valence-electron chi connectivity index (χ2n) is 9.56. The molecular weight excluding hydrogens is 454 g/mol. The summed E-state index contributed by atoms with van der Waals surface area (Å²) in [6.07, 6.45) is 0. The lowest BCUT2D eigenvalue weighted by Gasteiger charge is -2.08. The van der Waals surface area contributed by atoms with Gasteiger partial charge in [-0.05, 0) is 65.0 Å². The molecule has 0 bridgehead atoms. The van der Waals surface area contributed by atoms with E-state index in [1.54, 1.807) is 0 Å². The molecule has 4 nitrogen and oxygen atoms in total. The lowest BCUT2D eigenvalue weighted by Crippen LogP contribution is -2.05. The third-order valence-corrected chi connectivity index (χ3v) is 7.50. The predicted molar refractivity (Wildman–Crippen MR) is 154 cm³/mol. The van der Waals surface area contributed by atoms with Gasteiger partial charge in [-0.3, -0.25) is 4.79 Å². The molecule has 37 heavy (non-hydrogen) atoms. The van der Waals surface area contributed by atoms with Gasteiger partial charge in [-0.15, -0.1) is 0 Å². The van der Waals surface area contributed by atoms with Crippen LogP contribution in [-0.4, -0.2) is 14.5 Å². The summed E-state index contributed by atoms with van der Waals surface area (Å²) in [6.45, 7) is 0. The van der Waals surface area contributed by atoms with Crippen molar-refractivity contribution >= 4 is 54.5 Å². The Bertz CT molecular complexity index is 2210. The van der Waals surface area contributed by atoms with E-state index in [-0.39, 0.29) is 5.56 Å². The van der Waals surface area contributed by atoms with Crippen LogP contribution in [0.1, 0.15) is 0 Å². The molecule has 0 radical (unpaired) electrons. The van der Waals surface area contributed by atoms with Gasteiger partial charge in [-0.25, -0.2) is 0 Å². The smallest absolute Gasteiger partial charge is 0.257 e. The van der Waals surface area contributed by atoms with Crippen LogP contribution in [0.25, 0.3) is 71.3 Å². The van der Waals surface area contributed by atoms with E-state index in [0.29, 0.717) is 5.39 Å². The molecule has 0 unspecified atom stereocenters. The topological polar surface area (TPSA) is 53.6 Å².